The number of halogens is 3. The van der Waals surface area contributed by atoms with Crippen LogP contribution in [0, 0.1) is 0 Å². The normalized spacial score (nSPS) is 15.9. The number of nitrogens with zero attached hydrogens (tertiary/aromatic N) is 4. The van der Waals surface area contributed by atoms with Gasteiger partial charge in [0.1, 0.15) is 12.4 Å². The van der Waals surface area contributed by atoms with Crippen LogP contribution in [0.15, 0.2) is 17.4 Å². The number of guanidine groups is 1. The van der Waals surface area contributed by atoms with E-state index in [1.54, 1.807) is 7.11 Å². The molecule has 1 aliphatic rings. The molecule has 0 saturated carbocycles. The largest absolute Gasteiger partial charge is 0.385 e. The molecule has 2 rings (SSSR count). The van der Waals surface area contributed by atoms with Gasteiger partial charge in [-0.25, -0.2) is 9.98 Å². The minimum absolute atomic E-state index is 0. The van der Waals surface area contributed by atoms with Crippen LogP contribution in [0.5, 0.6) is 0 Å². The average molecular weight is 501 g/mol. The van der Waals surface area contributed by atoms with Crippen LogP contribution in [0.25, 0.3) is 0 Å². The van der Waals surface area contributed by atoms with Gasteiger partial charge in [0.15, 0.2) is 5.96 Å². The summed E-state index contributed by atoms with van der Waals surface area (Å²) in [6, 6.07) is 0. The van der Waals surface area contributed by atoms with Gasteiger partial charge in [-0.15, -0.1) is 24.0 Å². The number of hydrogen-bond acceptors (Lipinski definition) is 4. The van der Waals surface area contributed by atoms with E-state index in [9.17, 15) is 8.78 Å². The maximum Gasteiger partial charge on any atom is 0.319 e. The molecule has 0 aliphatic carbocycles. The molecule has 1 aliphatic heterocycles. The third-order valence-corrected chi connectivity index (χ3v) is 4.25. The summed E-state index contributed by atoms with van der Waals surface area (Å²) < 4.78 is 37.5. The van der Waals surface area contributed by atoms with Crippen LogP contribution in [-0.2, 0) is 16.0 Å². The molecule has 1 saturated heterocycles. The van der Waals surface area contributed by atoms with Crippen LogP contribution in [0.1, 0.15) is 38.6 Å². The Bertz CT molecular complexity index is 551. The van der Waals surface area contributed by atoms with Gasteiger partial charge in [-0.1, -0.05) is 0 Å². The van der Waals surface area contributed by atoms with Gasteiger partial charge in [0.2, 0.25) is 0 Å². The van der Waals surface area contributed by atoms with E-state index in [1.807, 2.05) is 6.92 Å². The Morgan fingerprint density at radius 2 is 2.11 bits per heavy atom. The van der Waals surface area contributed by atoms with Crippen LogP contribution in [0.2, 0.25) is 0 Å². The van der Waals surface area contributed by atoms with Crippen molar-refractivity contribution in [3.05, 3.63) is 18.2 Å². The first-order valence-electron chi connectivity index (χ1n) is 9.09. The first-order valence-corrected chi connectivity index (χ1v) is 9.09. The lowest BCUT2D eigenvalue weighted by molar-refractivity contribution is 0.00988. The van der Waals surface area contributed by atoms with E-state index in [0.29, 0.717) is 13.2 Å². The second kappa shape index (κ2) is 13.2. The SMILES string of the molecule is CCNC(=NCc1nccn1C(F)F)N1CCC(OCCCOC)CC1.I. The number of rotatable bonds is 9. The number of imidazole rings is 1. The Morgan fingerprint density at radius 1 is 1.37 bits per heavy atom. The number of aromatic nitrogens is 2. The number of hydrogen-bond donors (Lipinski definition) is 1. The molecule has 10 heteroatoms. The molecule has 156 valence electrons. The highest BCUT2D eigenvalue weighted by molar-refractivity contribution is 14.0. The topological polar surface area (TPSA) is 63.9 Å². The fourth-order valence-electron chi connectivity index (χ4n) is 2.90. The van der Waals surface area contributed by atoms with E-state index < -0.39 is 6.55 Å². The molecule has 1 fully saturated rings. The van der Waals surface area contributed by atoms with Gasteiger partial charge in [-0.3, -0.25) is 4.57 Å². The van der Waals surface area contributed by atoms with Crippen molar-refractivity contribution in [1.82, 2.24) is 19.8 Å². The predicted octanol–water partition coefficient (Wildman–Crippen LogP) is 2.88. The van der Waals surface area contributed by atoms with Crippen LogP contribution in [-0.4, -0.2) is 66.5 Å². The molecule has 27 heavy (non-hydrogen) atoms. The van der Waals surface area contributed by atoms with E-state index in [4.69, 9.17) is 9.47 Å². The van der Waals surface area contributed by atoms with Crippen LogP contribution in [0.3, 0.4) is 0 Å². The quantitative estimate of drug-likeness (QED) is 0.244. The molecule has 0 unspecified atom stereocenters. The lowest BCUT2D eigenvalue weighted by atomic mass is 10.1. The van der Waals surface area contributed by atoms with Gasteiger partial charge in [-0.2, -0.15) is 8.78 Å². The van der Waals surface area contributed by atoms with Crippen molar-refractivity contribution in [2.45, 2.75) is 45.4 Å². The van der Waals surface area contributed by atoms with Crippen LogP contribution < -0.4 is 5.32 Å². The van der Waals surface area contributed by atoms with Crippen molar-refractivity contribution in [2.24, 2.45) is 4.99 Å². The van der Waals surface area contributed by atoms with Crippen molar-refractivity contribution in [3.63, 3.8) is 0 Å². The summed E-state index contributed by atoms with van der Waals surface area (Å²) in [6.45, 7) is 3.29. The molecular weight excluding hydrogens is 471 g/mol. The Hall–Kier alpha value is -1.01. The van der Waals surface area contributed by atoms with E-state index in [-0.39, 0.29) is 42.4 Å². The Kier molecular flexibility index (Phi) is 11.8. The number of methoxy groups -OCH3 is 1. The first-order chi connectivity index (χ1) is 12.7. The summed E-state index contributed by atoms with van der Waals surface area (Å²) in [6.07, 6.45) is 5.64. The highest BCUT2D eigenvalue weighted by atomic mass is 127. The zero-order valence-corrected chi connectivity index (χ0v) is 18.3. The second-order valence-electron chi connectivity index (χ2n) is 6.10. The second-order valence-corrected chi connectivity index (χ2v) is 6.10. The molecule has 1 aromatic rings. The molecule has 0 bridgehead atoms. The minimum Gasteiger partial charge on any atom is -0.385 e. The molecule has 2 heterocycles. The van der Waals surface area contributed by atoms with Gasteiger partial charge < -0.3 is 19.7 Å². The van der Waals surface area contributed by atoms with Gasteiger partial charge in [-0.05, 0) is 26.2 Å². The summed E-state index contributed by atoms with van der Waals surface area (Å²) in [4.78, 5) is 10.6. The molecule has 0 aromatic carbocycles. The maximum absolute atomic E-state index is 12.9. The van der Waals surface area contributed by atoms with Crippen molar-refractivity contribution in [2.75, 3.05) is 40.0 Å². The summed E-state index contributed by atoms with van der Waals surface area (Å²) in [5, 5.41) is 3.23. The van der Waals surface area contributed by atoms with Gasteiger partial charge in [0.25, 0.3) is 0 Å². The fourth-order valence-corrected chi connectivity index (χ4v) is 2.90. The smallest absolute Gasteiger partial charge is 0.319 e. The number of piperidine rings is 1. The van der Waals surface area contributed by atoms with E-state index in [2.05, 4.69) is 20.2 Å². The van der Waals surface area contributed by atoms with Gasteiger partial charge >= 0.3 is 6.55 Å². The van der Waals surface area contributed by atoms with Gasteiger partial charge in [0.05, 0.1) is 6.10 Å². The Balaban J connectivity index is 0.00000364. The first kappa shape index (κ1) is 24.0. The predicted molar refractivity (Wildman–Crippen MR) is 111 cm³/mol. The summed E-state index contributed by atoms with van der Waals surface area (Å²) >= 11 is 0. The molecule has 1 N–H and O–H groups in total. The van der Waals surface area contributed by atoms with Crippen molar-refractivity contribution < 1.29 is 18.3 Å². The number of alkyl halides is 2. The van der Waals surface area contributed by atoms with Crippen molar-refractivity contribution in [1.29, 1.82) is 0 Å². The molecule has 7 nitrogen and oxygen atoms in total. The summed E-state index contributed by atoms with van der Waals surface area (Å²) in [5.74, 6) is 0.987. The monoisotopic (exact) mass is 501 g/mol. The third-order valence-electron chi connectivity index (χ3n) is 4.25. The summed E-state index contributed by atoms with van der Waals surface area (Å²) in [7, 11) is 1.69. The average Bonchev–Trinajstić information content (AvgIpc) is 3.12. The molecule has 0 amide bonds. The zero-order valence-electron chi connectivity index (χ0n) is 15.9. The number of aliphatic imine (C=N–C) groups is 1. The van der Waals surface area contributed by atoms with Gasteiger partial charge in [0, 0.05) is 52.4 Å². The standard InChI is InChI=1S/C17H29F2N5O2.HI/c1-3-20-17(22-13-15-21-7-10-24(15)16(18)19)23-8-5-14(6-9-23)26-12-4-11-25-2;/h7,10,14,16H,3-6,8-9,11-13H2,1-2H3,(H,20,22);1H. The molecule has 0 radical (unpaired) electrons. The number of likely N-dealkylation sites (tertiary alicyclic amines) is 1. The van der Waals surface area contributed by atoms with Crippen LogP contribution in [0.4, 0.5) is 8.78 Å². The van der Waals surface area contributed by atoms with Crippen molar-refractivity contribution in [3.8, 4) is 0 Å². The minimum atomic E-state index is -2.60. The number of nitrogens with one attached hydrogen (secondary N) is 1. The molecular formula is C17H30F2IN5O2. The highest BCUT2D eigenvalue weighted by Crippen LogP contribution is 2.16. The molecule has 0 atom stereocenters. The maximum atomic E-state index is 12.9. The Morgan fingerprint density at radius 3 is 2.74 bits per heavy atom. The Labute approximate surface area is 176 Å². The van der Waals surface area contributed by atoms with Crippen LogP contribution >= 0.6 is 24.0 Å². The van der Waals surface area contributed by atoms with Crippen molar-refractivity contribution >= 4 is 29.9 Å². The molecule has 0 spiro atoms. The molecule has 1 aromatic heterocycles. The lowest BCUT2D eigenvalue weighted by Crippen LogP contribution is -2.47. The number of ether oxygens (including phenoxy) is 2. The van der Waals surface area contributed by atoms with E-state index >= 15 is 0 Å². The zero-order chi connectivity index (χ0) is 18.8. The lowest BCUT2D eigenvalue weighted by Gasteiger charge is -2.34. The highest BCUT2D eigenvalue weighted by Gasteiger charge is 2.22. The fraction of sp³-hybridized carbons (Fsp3) is 0.765. The third kappa shape index (κ3) is 7.86. The van der Waals surface area contributed by atoms with E-state index in [0.717, 1.165) is 49.4 Å². The van der Waals surface area contributed by atoms with E-state index in [1.165, 1.54) is 12.4 Å². The summed E-state index contributed by atoms with van der Waals surface area (Å²) in [5.41, 5.74) is 0.